The van der Waals surface area contributed by atoms with E-state index in [0.717, 1.165) is 26.8 Å². The first-order valence-corrected chi connectivity index (χ1v) is 13.5. The van der Waals surface area contributed by atoms with Gasteiger partial charge in [-0.15, -0.1) is 0 Å². The summed E-state index contributed by atoms with van der Waals surface area (Å²) in [6.45, 7) is 4.04. The molecule has 1 aliphatic rings. The number of methoxy groups -OCH3 is 1. The van der Waals surface area contributed by atoms with Gasteiger partial charge < -0.3 is 9.47 Å². The second kappa shape index (κ2) is 11.2. The number of halogens is 2. The SMILES string of the molecule is COc1cc(/C=C2\C(=O)NC(=O)N(c3cccc(Cl)c3C)C2=O)cc(Br)c1OCc1c(C)ccc2ccccc12. The van der Waals surface area contributed by atoms with Crippen LogP contribution < -0.4 is 19.7 Å². The lowest BCUT2D eigenvalue weighted by Gasteiger charge is -2.27. The van der Waals surface area contributed by atoms with Crippen molar-refractivity contribution in [2.75, 3.05) is 12.0 Å². The quantitative estimate of drug-likeness (QED) is 0.183. The molecule has 0 saturated carbocycles. The van der Waals surface area contributed by atoms with E-state index in [4.69, 9.17) is 21.1 Å². The third-order valence-corrected chi connectivity index (χ3v) is 7.78. The molecule has 4 amide bonds. The molecule has 5 rings (SSSR count). The third-order valence-electron chi connectivity index (χ3n) is 6.78. The van der Waals surface area contributed by atoms with E-state index < -0.39 is 17.8 Å². The third kappa shape index (κ3) is 5.08. The molecule has 1 saturated heterocycles. The van der Waals surface area contributed by atoms with Gasteiger partial charge in [-0.05, 0) is 87.6 Å². The predicted octanol–water partition coefficient (Wildman–Crippen LogP) is 7.13. The average molecular weight is 620 g/mol. The number of carbonyl (C=O) groups is 3. The van der Waals surface area contributed by atoms with Crippen LogP contribution in [0.2, 0.25) is 5.02 Å². The Morgan fingerprint density at radius 1 is 1.00 bits per heavy atom. The molecule has 7 nitrogen and oxygen atoms in total. The van der Waals surface area contributed by atoms with Crippen molar-refractivity contribution in [3.63, 3.8) is 0 Å². The molecule has 1 N–H and O–H groups in total. The molecule has 40 heavy (non-hydrogen) atoms. The summed E-state index contributed by atoms with van der Waals surface area (Å²) in [7, 11) is 1.51. The summed E-state index contributed by atoms with van der Waals surface area (Å²) >= 11 is 9.76. The van der Waals surface area contributed by atoms with Gasteiger partial charge in [0, 0.05) is 10.6 Å². The number of nitrogens with one attached hydrogen (secondary N) is 1. The summed E-state index contributed by atoms with van der Waals surface area (Å²) in [4.78, 5) is 39.6. The Bertz CT molecular complexity index is 1730. The number of nitrogens with zero attached hydrogens (tertiary/aromatic N) is 1. The van der Waals surface area contributed by atoms with Crippen molar-refractivity contribution >= 4 is 67.9 Å². The minimum atomic E-state index is -0.844. The van der Waals surface area contributed by atoms with Crippen LogP contribution >= 0.6 is 27.5 Å². The number of carbonyl (C=O) groups excluding carboxylic acids is 3. The number of hydrogen-bond donors (Lipinski definition) is 1. The normalized spacial score (nSPS) is 14.6. The molecule has 0 unspecified atom stereocenters. The summed E-state index contributed by atoms with van der Waals surface area (Å²) in [5, 5.41) is 4.86. The maximum Gasteiger partial charge on any atom is 0.335 e. The van der Waals surface area contributed by atoms with Crippen LogP contribution in [0.4, 0.5) is 10.5 Å². The molecule has 1 aliphatic heterocycles. The van der Waals surface area contributed by atoms with E-state index in [1.807, 2.05) is 19.1 Å². The summed E-state index contributed by atoms with van der Waals surface area (Å²) in [5.74, 6) is -0.682. The van der Waals surface area contributed by atoms with Crippen molar-refractivity contribution in [2.24, 2.45) is 0 Å². The molecule has 1 fully saturated rings. The number of urea groups is 1. The fraction of sp³-hybridized carbons (Fsp3) is 0.129. The highest BCUT2D eigenvalue weighted by atomic mass is 79.9. The molecule has 0 aromatic heterocycles. The van der Waals surface area contributed by atoms with Crippen LogP contribution in [-0.2, 0) is 16.2 Å². The van der Waals surface area contributed by atoms with Gasteiger partial charge in [-0.2, -0.15) is 0 Å². The molecule has 4 aromatic rings. The highest BCUT2D eigenvalue weighted by Crippen LogP contribution is 2.39. The van der Waals surface area contributed by atoms with Gasteiger partial charge >= 0.3 is 6.03 Å². The Hall–Kier alpha value is -4.14. The van der Waals surface area contributed by atoms with Gasteiger partial charge in [0.15, 0.2) is 11.5 Å². The maximum absolute atomic E-state index is 13.4. The van der Waals surface area contributed by atoms with Crippen molar-refractivity contribution in [3.05, 3.63) is 104 Å². The highest BCUT2D eigenvalue weighted by molar-refractivity contribution is 9.10. The fourth-order valence-corrected chi connectivity index (χ4v) is 5.37. The molecule has 0 atom stereocenters. The highest BCUT2D eigenvalue weighted by Gasteiger charge is 2.37. The molecular weight excluding hydrogens is 596 g/mol. The number of anilines is 1. The van der Waals surface area contributed by atoms with Crippen LogP contribution in [-0.4, -0.2) is 25.0 Å². The van der Waals surface area contributed by atoms with Gasteiger partial charge in [0.1, 0.15) is 12.2 Å². The maximum atomic E-state index is 13.4. The molecule has 4 aromatic carbocycles. The lowest BCUT2D eigenvalue weighted by Crippen LogP contribution is -2.54. The molecule has 0 aliphatic carbocycles. The number of hydrogen-bond acceptors (Lipinski definition) is 5. The van der Waals surface area contributed by atoms with Crippen molar-refractivity contribution in [2.45, 2.75) is 20.5 Å². The smallest absolute Gasteiger partial charge is 0.335 e. The predicted molar refractivity (Wildman–Crippen MR) is 159 cm³/mol. The zero-order chi connectivity index (χ0) is 28.6. The Kier molecular flexibility index (Phi) is 7.65. The Balaban J connectivity index is 1.47. The number of barbiturate groups is 1. The van der Waals surface area contributed by atoms with Crippen LogP contribution in [0.15, 0.2) is 76.8 Å². The van der Waals surface area contributed by atoms with Crippen LogP contribution in [0.1, 0.15) is 22.3 Å². The molecule has 9 heteroatoms. The molecule has 0 bridgehead atoms. The monoisotopic (exact) mass is 618 g/mol. The van der Waals surface area contributed by atoms with E-state index in [1.54, 1.807) is 37.3 Å². The van der Waals surface area contributed by atoms with E-state index in [1.165, 1.54) is 13.2 Å². The van der Waals surface area contributed by atoms with E-state index in [2.05, 4.69) is 45.5 Å². The molecule has 0 spiro atoms. The molecular formula is C31H24BrClN2O5. The van der Waals surface area contributed by atoms with Crippen molar-refractivity contribution in [3.8, 4) is 11.5 Å². The fourth-order valence-electron chi connectivity index (χ4n) is 4.63. The molecule has 202 valence electrons. The lowest BCUT2D eigenvalue weighted by molar-refractivity contribution is -0.122. The van der Waals surface area contributed by atoms with Gasteiger partial charge in [0.2, 0.25) is 0 Å². The minimum Gasteiger partial charge on any atom is -0.493 e. The van der Waals surface area contributed by atoms with Crippen LogP contribution in [0.25, 0.3) is 16.8 Å². The number of amides is 4. The summed E-state index contributed by atoms with van der Waals surface area (Å²) < 4.78 is 12.4. The number of benzene rings is 4. The number of aryl methyl sites for hydroxylation is 1. The number of fused-ring (bicyclic) bond motifs is 1. The van der Waals surface area contributed by atoms with E-state index in [0.29, 0.717) is 44.4 Å². The molecule has 1 heterocycles. The molecule has 0 radical (unpaired) electrons. The first kappa shape index (κ1) is 27.4. The van der Waals surface area contributed by atoms with E-state index in [9.17, 15) is 14.4 Å². The Morgan fingerprint density at radius 3 is 2.55 bits per heavy atom. The zero-order valence-corrected chi connectivity index (χ0v) is 24.2. The number of rotatable bonds is 6. The summed E-state index contributed by atoms with van der Waals surface area (Å²) in [6.07, 6.45) is 1.41. The van der Waals surface area contributed by atoms with Gasteiger partial charge in [-0.3, -0.25) is 14.9 Å². The lowest BCUT2D eigenvalue weighted by atomic mass is 10.0. The van der Waals surface area contributed by atoms with Crippen molar-refractivity contribution < 1.29 is 23.9 Å². The van der Waals surface area contributed by atoms with Gasteiger partial charge in [0.05, 0.1) is 17.3 Å². The number of imide groups is 2. The Labute approximate surface area is 244 Å². The van der Waals surface area contributed by atoms with Gasteiger partial charge in [-0.25, -0.2) is 9.69 Å². The number of ether oxygens (including phenoxy) is 2. The first-order valence-electron chi connectivity index (χ1n) is 12.3. The van der Waals surface area contributed by atoms with Crippen molar-refractivity contribution in [1.82, 2.24) is 5.32 Å². The van der Waals surface area contributed by atoms with Crippen LogP contribution in [0, 0.1) is 13.8 Å². The standard InChI is InChI=1S/C31H24BrClN2O5/c1-17-11-12-20-7-4-5-8-21(20)23(17)16-40-28-24(32)14-19(15-27(28)39-3)13-22-29(36)34-31(38)35(30(22)37)26-10-6-9-25(33)18(26)2/h4-15H,16H2,1-3H3,(H,34,36,38)/b22-13+. The van der Waals surface area contributed by atoms with Crippen LogP contribution in [0.3, 0.4) is 0 Å². The second-order valence-corrected chi connectivity index (χ2v) is 10.5. The van der Waals surface area contributed by atoms with Gasteiger partial charge in [0.25, 0.3) is 11.8 Å². The van der Waals surface area contributed by atoms with E-state index >= 15 is 0 Å². The van der Waals surface area contributed by atoms with Crippen LogP contribution in [0.5, 0.6) is 11.5 Å². The topological polar surface area (TPSA) is 84.9 Å². The Morgan fingerprint density at radius 2 is 1.77 bits per heavy atom. The van der Waals surface area contributed by atoms with Gasteiger partial charge in [-0.1, -0.05) is 54.1 Å². The zero-order valence-electron chi connectivity index (χ0n) is 21.9. The summed E-state index contributed by atoms with van der Waals surface area (Å²) in [6, 6.07) is 19.7. The average Bonchev–Trinajstić information content (AvgIpc) is 2.93. The minimum absolute atomic E-state index is 0.215. The van der Waals surface area contributed by atoms with E-state index in [-0.39, 0.29) is 5.57 Å². The largest absolute Gasteiger partial charge is 0.493 e. The summed E-state index contributed by atoms with van der Waals surface area (Å²) in [5.41, 5.74) is 3.27. The van der Waals surface area contributed by atoms with Crippen molar-refractivity contribution in [1.29, 1.82) is 0 Å². The second-order valence-electron chi connectivity index (χ2n) is 9.25. The first-order chi connectivity index (χ1) is 19.2.